The smallest absolute Gasteiger partial charge is 0.238 e. The number of carbonyl (C=O) groups excluding carboxylic acids is 1. The molecular weight excluding hydrogens is 286 g/mol. The maximum Gasteiger partial charge on any atom is 0.238 e. The van der Waals surface area contributed by atoms with Crippen LogP contribution in [0.25, 0.3) is 0 Å². The van der Waals surface area contributed by atoms with Crippen LogP contribution in [0, 0.1) is 5.41 Å². The molecule has 0 saturated heterocycles. The van der Waals surface area contributed by atoms with Gasteiger partial charge in [-0.1, -0.05) is 24.4 Å². The number of nitrogens with two attached hydrogens (primary N) is 1. The molecular formula is C15H21N3O2S. The second kappa shape index (κ2) is 6.85. The normalized spacial score (nSPS) is 18.2. The first-order valence-electron chi connectivity index (χ1n) is 7.06. The molecule has 1 aliphatic rings. The van der Waals surface area contributed by atoms with Crippen molar-refractivity contribution in [3.8, 4) is 0 Å². The fourth-order valence-corrected chi connectivity index (χ4v) is 3.18. The molecule has 1 fully saturated rings. The molecule has 0 atom stereocenters. The van der Waals surface area contributed by atoms with Crippen LogP contribution >= 0.6 is 11.8 Å². The number of thioether (sulfide) groups is 1. The number of anilines is 1. The first-order valence-corrected chi connectivity index (χ1v) is 8.28. The Morgan fingerprint density at radius 3 is 2.43 bits per heavy atom. The molecule has 0 unspecified atom stereocenters. The summed E-state index contributed by atoms with van der Waals surface area (Å²) < 4.78 is 0. The van der Waals surface area contributed by atoms with Gasteiger partial charge in [-0.05, 0) is 43.4 Å². The van der Waals surface area contributed by atoms with Gasteiger partial charge >= 0.3 is 0 Å². The van der Waals surface area contributed by atoms with E-state index in [1.807, 2.05) is 30.5 Å². The van der Waals surface area contributed by atoms with Crippen LogP contribution in [0.5, 0.6) is 0 Å². The SMILES string of the molecule is CSc1ccc(NC(=O)C2(C(N)=NO)CCCCC2)cc1. The molecule has 0 heterocycles. The van der Waals surface area contributed by atoms with Gasteiger partial charge in [0.15, 0.2) is 5.84 Å². The van der Waals surface area contributed by atoms with E-state index in [9.17, 15) is 4.79 Å². The number of carbonyl (C=O) groups is 1. The summed E-state index contributed by atoms with van der Waals surface area (Å²) in [5, 5.41) is 15.0. The molecule has 1 aromatic carbocycles. The minimum atomic E-state index is -0.884. The third kappa shape index (κ3) is 3.32. The highest BCUT2D eigenvalue weighted by atomic mass is 32.2. The maximum absolute atomic E-state index is 12.7. The molecule has 114 valence electrons. The lowest BCUT2D eigenvalue weighted by molar-refractivity contribution is -0.123. The van der Waals surface area contributed by atoms with Crippen molar-refractivity contribution in [1.82, 2.24) is 0 Å². The predicted octanol–water partition coefficient (Wildman–Crippen LogP) is 3.04. The minimum absolute atomic E-state index is 0.0143. The molecule has 0 aromatic heterocycles. The van der Waals surface area contributed by atoms with Gasteiger partial charge in [0.05, 0.1) is 0 Å². The van der Waals surface area contributed by atoms with Gasteiger partial charge in [0.2, 0.25) is 5.91 Å². The second-order valence-electron chi connectivity index (χ2n) is 5.31. The van der Waals surface area contributed by atoms with Crippen LogP contribution in [0.3, 0.4) is 0 Å². The van der Waals surface area contributed by atoms with Crippen LogP contribution in [0.15, 0.2) is 34.3 Å². The average molecular weight is 307 g/mol. The van der Waals surface area contributed by atoms with E-state index in [4.69, 9.17) is 10.9 Å². The van der Waals surface area contributed by atoms with E-state index >= 15 is 0 Å². The lowest BCUT2D eigenvalue weighted by atomic mass is 9.72. The van der Waals surface area contributed by atoms with Crippen LogP contribution < -0.4 is 11.1 Å². The molecule has 5 nitrogen and oxygen atoms in total. The van der Waals surface area contributed by atoms with Gasteiger partial charge in [-0.3, -0.25) is 4.79 Å². The van der Waals surface area contributed by atoms with Gasteiger partial charge in [-0.25, -0.2) is 0 Å². The van der Waals surface area contributed by atoms with E-state index in [0.29, 0.717) is 12.8 Å². The lowest BCUT2D eigenvalue weighted by Crippen LogP contribution is -2.48. The summed E-state index contributed by atoms with van der Waals surface area (Å²) in [4.78, 5) is 13.8. The monoisotopic (exact) mass is 307 g/mol. The van der Waals surface area contributed by atoms with Crippen molar-refractivity contribution in [1.29, 1.82) is 0 Å². The Labute approximate surface area is 129 Å². The molecule has 0 radical (unpaired) electrons. The number of rotatable bonds is 4. The number of amides is 1. The van der Waals surface area contributed by atoms with Gasteiger partial charge in [0.1, 0.15) is 5.41 Å². The standard InChI is InChI=1S/C15H21N3O2S/c1-21-12-7-5-11(6-8-12)17-14(19)15(13(16)18-20)9-3-2-4-10-15/h5-8,20H,2-4,9-10H2,1H3,(H2,16,18)(H,17,19). The van der Waals surface area contributed by atoms with Crippen molar-refractivity contribution in [2.75, 3.05) is 11.6 Å². The molecule has 1 amide bonds. The Morgan fingerprint density at radius 2 is 1.90 bits per heavy atom. The predicted molar refractivity (Wildman–Crippen MR) is 85.8 cm³/mol. The quantitative estimate of drug-likeness (QED) is 0.262. The summed E-state index contributed by atoms with van der Waals surface area (Å²) in [5.74, 6) is -0.171. The molecule has 0 spiro atoms. The highest BCUT2D eigenvalue weighted by molar-refractivity contribution is 7.98. The number of hydrogen-bond donors (Lipinski definition) is 3. The van der Waals surface area contributed by atoms with Crippen molar-refractivity contribution in [2.24, 2.45) is 16.3 Å². The summed E-state index contributed by atoms with van der Waals surface area (Å²) in [6.07, 6.45) is 6.15. The van der Waals surface area contributed by atoms with Crippen LogP contribution in [0.2, 0.25) is 0 Å². The van der Waals surface area contributed by atoms with Gasteiger partial charge < -0.3 is 16.3 Å². The Kier molecular flexibility index (Phi) is 5.12. The summed E-state index contributed by atoms with van der Waals surface area (Å²) in [6, 6.07) is 7.65. The zero-order chi connectivity index (χ0) is 15.3. The van der Waals surface area contributed by atoms with E-state index in [1.54, 1.807) is 11.8 Å². The molecule has 1 aromatic rings. The highest BCUT2D eigenvalue weighted by Crippen LogP contribution is 2.37. The molecule has 6 heteroatoms. The maximum atomic E-state index is 12.7. The van der Waals surface area contributed by atoms with Crippen molar-refractivity contribution in [2.45, 2.75) is 37.0 Å². The Morgan fingerprint density at radius 1 is 1.29 bits per heavy atom. The van der Waals surface area contributed by atoms with Gasteiger partial charge in [-0.2, -0.15) is 0 Å². The molecule has 2 rings (SSSR count). The molecule has 1 aliphatic carbocycles. The topological polar surface area (TPSA) is 87.7 Å². The Hall–Kier alpha value is -1.69. The second-order valence-corrected chi connectivity index (χ2v) is 6.19. The average Bonchev–Trinajstić information content (AvgIpc) is 2.55. The summed E-state index contributed by atoms with van der Waals surface area (Å²) in [5.41, 5.74) is 5.67. The number of nitrogens with zero attached hydrogens (tertiary/aromatic N) is 1. The highest BCUT2D eigenvalue weighted by Gasteiger charge is 2.43. The third-order valence-electron chi connectivity index (χ3n) is 4.09. The van der Waals surface area contributed by atoms with Crippen molar-refractivity contribution in [3.05, 3.63) is 24.3 Å². The number of benzene rings is 1. The molecule has 0 bridgehead atoms. The van der Waals surface area contributed by atoms with E-state index < -0.39 is 5.41 Å². The Balaban J connectivity index is 2.18. The molecule has 21 heavy (non-hydrogen) atoms. The van der Waals surface area contributed by atoms with Crippen molar-refractivity contribution >= 4 is 29.2 Å². The first-order chi connectivity index (χ1) is 10.1. The van der Waals surface area contributed by atoms with E-state index in [1.165, 1.54) is 0 Å². The summed E-state index contributed by atoms with van der Waals surface area (Å²) in [7, 11) is 0. The lowest BCUT2D eigenvalue weighted by Gasteiger charge is -2.34. The summed E-state index contributed by atoms with van der Waals surface area (Å²) in [6.45, 7) is 0. The number of nitrogens with one attached hydrogen (secondary N) is 1. The van der Waals surface area contributed by atoms with Crippen molar-refractivity contribution in [3.63, 3.8) is 0 Å². The zero-order valence-corrected chi connectivity index (χ0v) is 12.9. The van der Waals surface area contributed by atoms with Crippen LogP contribution in [-0.4, -0.2) is 23.2 Å². The van der Waals surface area contributed by atoms with E-state index in [0.717, 1.165) is 29.8 Å². The van der Waals surface area contributed by atoms with E-state index in [2.05, 4.69) is 10.5 Å². The fourth-order valence-electron chi connectivity index (χ4n) is 2.78. The van der Waals surface area contributed by atoms with Crippen LogP contribution in [0.1, 0.15) is 32.1 Å². The molecule has 4 N–H and O–H groups in total. The molecule has 0 aliphatic heterocycles. The van der Waals surface area contributed by atoms with Gasteiger partial charge in [-0.15, -0.1) is 11.8 Å². The van der Waals surface area contributed by atoms with Gasteiger partial charge in [0, 0.05) is 10.6 Å². The van der Waals surface area contributed by atoms with E-state index in [-0.39, 0.29) is 11.7 Å². The summed E-state index contributed by atoms with van der Waals surface area (Å²) >= 11 is 1.65. The first kappa shape index (κ1) is 15.7. The van der Waals surface area contributed by atoms with Crippen molar-refractivity contribution < 1.29 is 10.0 Å². The molecule has 1 saturated carbocycles. The third-order valence-corrected chi connectivity index (χ3v) is 4.83. The number of amidine groups is 1. The van der Waals surface area contributed by atoms with Crippen LogP contribution in [0.4, 0.5) is 5.69 Å². The number of oxime groups is 1. The van der Waals surface area contributed by atoms with Crippen LogP contribution in [-0.2, 0) is 4.79 Å². The number of hydrogen-bond acceptors (Lipinski definition) is 4. The zero-order valence-electron chi connectivity index (χ0n) is 12.1. The van der Waals surface area contributed by atoms with Gasteiger partial charge in [0.25, 0.3) is 0 Å². The Bertz CT molecular complexity index is 522. The minimum Gasteiger partial charge on any atom is -0.409 e. The largest absolute Gasteiger partial charge is 0.409 e. The fraction of sp³-hybridized carbons (Fsp3) is 0.467.